The lowest BCUT2D eigenvalue weighted by atomic mass is 10.4. The highest BCUT2D eigenvalue weighted by molar-refractivity contribution is 4.45. The molecule has 0 amide bonds. The van der Waals surface area contributed by atoms with Crippen molar-refractivity contribution in [3.8, 4) is 0 Å². The van der Waals surface area contributed by atoms with Gasteiger partial charge in [0.25, 0.3) is 0 Å². The minimum atomic E-state index is -0.607. The summed E-state index contributed by atoms with van der Waals surface area (Å²) in [5.41, 5.74) is 0. The molecule has 0 saturated heterocycles. The number of methoxy groups -OCH3 is 1. The number of aliphatic hydroxyl groups is 1. The van der Waals surface area contributed by atoms with Crippen molar-refractivity contribution in [2.75, 3.05) is 20.2 Å². The molecule has 1 unspecified atom stereocenters. The molecule has 3 nitrogen and oxygen atoms in total. The molecule has 0 aliphatic carbocycles. The van der Waals surface area contributed by atoms with Crippen LogP contribution in [-0.4, -0.2) is 31.6 Å². The molecule has 0 bridgehead atoms. The maximum Gasteiger partial charge on any atom is 0.155 e. The van der Waals surface area contributed by atoms with Crippen LogP contribution < -0.4 is 5.32 Å². The Morgan fingerprint density at radius 1 is 1.67 bits per heavy atom. The second-order valence-electron chi connectivity index (χ2n) is 1.83. The molecular weight excluding hydrogens is 118 g/mol. The first-order chi connectivity index (χ1) is 4.31. The van der Waals surface area contributed by atoms with Crippen molar-refractivity contribution in [1.82, 2.24) is 5.32 Å². The first-order valence-electron chi connectivity index (χ1n) is 3.22. The average molecular weight is 133 g/mol. The lowest BCUT2D eigenvalue weighted by Crippen LogP contribution is -2.20. The van der Waals surface area contributed by atoms with E-state index in [-0.39, 0.29) is 0 Å². The van der Waals surface area contributed by atoms with Crippen LogP contribution in [0, 0.1) is 0 Å². The van der Waals surface area contributed by atoms with Gasteiger partial charge in [-0.2, -0.15) is 0 Å². The van der Waals surface area contributed by atoms with Gasteiger partial charge in [-0.05, 0) is 13.1 Å². The van der Waals surface area contributed by atoms with Crippen LogP contribution in [0.3, 0.4) is 0 Å². The first-order valence-corrected chi connectivity index (χ1v) is 3.22. The predicted molar refractivity (Wildman–Crippen MR) is 36.2 cm³/mol. The summed E-state index contributed by atoms with van der Waals surface area (Å²) in [6.45, 7) is 3.78. The SMILES string of the molecule is CCNCCC(O)OC. The van der Waals surface area contributed by atoms with Gasteiger partial charge in [0, 0.05) is 13.5 Å². The molecule has 2 N–H and O–H groups in total. The molecule has 56 valence electrons. The zero-order chi connectivity index (χ0) is 7.11. The number of aliphatic hydroxyl groups excluding tert-OH is 1. The van der Waals surface area contributed by atoms with Gasteiger partial charge in [-0.1, -0.05) is 6.92 Å². The molecular formula is C6H15NO2. The molecule has 1 atom stereocenters. The van der Waals surface area contributed by atoms with Gasteiger partial charge in [-0.15, -0.1) is 0 Å². The Hall–Kier alpha value is -0.120. The molecule has 0 heterocycles. The molecule has 9 heavy (non-hydrogen) atoms. The fraction of sp³-hybridized carbons (Fsp3) is 1.00. The third-order valence-corrected chi connectivity index (χ3v) is 1.09. The summed E-state index contributed by atoms with van der Waals surface area (Å²) in [7, 11) is 1.50. The molecule has 0 aliphatic rings. The predicted octanol–water partition coefficient (Wildman–Crippen LogP) is -0.0492. The van der Waals surface area contributed by atoms with Gasteiger partial charge >= 0.3 is 0 Å². The van der Waals surface area contributed by atoms with Crippen LogP contribution in [0.1, 0.15) is 13.3 Å². The van der Waals surface area contributed by atoms with Crippen molar-refractivity contribution in [1.29, 1.82) is 0 Å². The lowest BCUT2D eigenvalue weighted by molar-refractivity contribution is -0.0773. The average Bonchev–Trinajstić information content (AvgIpc) is 1.89. The summed E-state index contributed by atoms with van der Waals surface area (Å²) in [4.78, 5) is 0. The van der Waals surface area contributed by atoms with E-state index >= 15 is 0 Å². The quantitative estimate of drug-likeness (QED) is 0.408. The highest BCUT2D eigenvalue weighted by Crippen LogP contribution is 1.87. The van der Waals surface area contributed by atoms with Crippen LogP contribution in [0.5, 0.6) is 0 Å². The minimum absolute atomic E-state index is 0.607. The molecule has 0 fully saturated rings. The standard InChI is InChI=1S/C6H15NO2/c1-3-7-5-4-6(8)9-2/h6-8H,3-5H2,1-2H3. The van der Waals surface area contributed by atoms with Crippen molar-refractivity contribution in [2.24, 2.45) is 0 Å². The van der Waals surface area contributed by atoms with E-state index in [4.69, 9.17) is 5.11 Å². The summed E-state index contributed by atoms with van der Waals surface area (Å²) in [5, 5.41) is 11.9. The number of rotatable bonds is 5. The summed E-state index contributed by atoms with van der Waals surface area (Å²) in [6, 6.07) is 0. The van der Waals surface area contributed by atoms with Crippen LogP contribution >= 0.6 is 0 Å². The molecule has 0 rings (SSSR count). The summed E-state index contributed by atoms with van der Waals surface area (Å²) < 4.78 is 4.61. The maximum absolute atomic E-state index is 8.82. The van der Waals surface area contributed by atoms with E-state index in [9.17, 15) is 0 Å². The summed E-state index contributed by atoms with van der Waals surface area (Å²) in [6.07, 6.45) is 0.0497. The van der Waals surface area contributed by atoms with Crippen molar-refractivity contribution in [2.45, 2.75) is 19.6 Å². The zero-order valence-corrected chi connectivity index (χ0v) is 6.05. The molecule has 0 saturated carbocycles. The van der Waals surface area contributed by atoms with Gasteiger partial charge in [-0.3, -0.25) is 0 Å². The van der Waals surface area contributed by atoms with E-state index in [1.165, 1.54) is 7.11 Å². The maximum atomic E-state index is 8.82. The Morgan fingerprint density at radius 2 is 2.33 bits per heavy atom. The lowest BCUT2D eigenvalue weighted by Gasteiger charge is -2.06. The van der Waals surface area contributed by atoms with Crippen LogP contribution in [0.2, 0.25) is 0 Å². The molecule has 0 aromatic carbocycles. The van der Waals surface area contributed by atoms with Gasteiger partial charge < -0.3 is 15.2 Å². The largest absolute Gasteiger partial charge is 0.368 e. The Balaban J connectivity index is 2.88. The monoisotopic (exact) mass is 133 g/mol. The van der Waals surface area contributed by atoms with Crippen LogP contribution in [-0.2, 0) is 4.74 Å². The fourth-order valence-electron chi connectivity index (χ4n) is 0.520. The van der Waals surface area contributed by atoms with Crippen LogP contribution in [0.15, 0.2) is 0 Å². The van der Waals surface area contributed by atoms with Crippen molar-refractivity contribution in [3.05, 3.63) is 0 Å². The van der Waals surface area contributed by atoms with E-state index in [1.807, 2.05) is 6.92 Å². The first kappa shape index (κ1) is 8.88. The van der Waals surface area contributed by atoms with E-state index in [2.05, 4.69) is 10.1 Å². The Morgan fingerprint density at radius 3 is 2.78 bits per heavy atom. The third-order valence-electron chi connectivity index (χ3n) is 1.09. The van der Waals surface area contributed by atoms with Crippen LogP contribution in [0.4, 0.5) is 0 Å². The van der Waals surface area contributed by atoms with E-state index in [0.717, 1.165) is 13.1 Å². The van der Waals surface area contributed by atoms with Crippen molar-refractivity contribution >= 4 is 0 Å². The normalized spacial score (nSPS) is 13.7. The van der Waals surface area contributed by atoms with E-state index in [0.29, 0.717) is 6.42 Å². The van der Waals surface area contributed by atoms with E-state index < -0.39 is 6.29 Å². The zero-order valence-electron chi connectivity index (χ0n) is 6.05. The van der Waals surface area contributed by atoms with Gasteiger partial charge in [0.1, 0.15) is 0 Å². The number of nitrogens with one attached hydrogen (secondary N) is 1. The van der Waals surface area contributed by atoms with E-state index in [1.54, 1.807) is 0 Å². The Labute approximate surface area is 56.0 Å². The van der Waals surface area contributed by atoms with Gasteiger partial charge in [0.2, 0.25) is 0 Å². The Bertz CT molecular complexity index is 59.0. The van der Waals surface area contributed by atoms with Crippen molar-refractivity contribution < 1.29 is 9.84 Å². The molecule has 0 radical (unpaired) electrons. The smallest absolute Gasteiger partial charge is 0.155 e. The fourth-order valence-corrected chi connectivity index (χ4v) is 0.520. The Kier molecular flexibility index (Phi) is 5.93. The molecule has 0 aromatic rings. The summed E-state index contributed by atoms with van der Waals surface area (Å²) >= 11 is 0. The molecule has 3 heteroatoms. The number of hydrogen-bond donors (Lipinski definition) is 2. The van der Waals surface area contributed by atoms with Crippen molar-refractivity contribution in [3.63, 3.8) is 0 Å². The van der Waals surface area contributed by atoms with Gasteiger partial charge in [0.05, 0.1) is 0 Å². The third kappa shape index (κ3) is 5.76. The number of hydrogen-bond acceptors (Lipinski definition) is 3. The van der Waals surface area contributed by atoms with Gasteiger partial charge in [-0.25, -0.2) is 0 Å². The van der Waals surface area contributed by atoms with Crippen LogP contribution in [0.25, 0.3) is 0 Å². The number of ether oxygens (including phenoxy) is 1. The molecule has 0 aliphatic heterocycles. The molecule has 0 aromatic heterocycles. The second kappa shape index (κ2) is 6.01. The minimum Gasteiger partial charge on any atom is -0.368 e. The summed E-state index contributed by atoms with van der Waals surface area (Å²) in [5.74, 6) is 0. The van der Waals surface area contributed by atoms with Gasteiger partial charge in [0.15, 0.2) is 6.29 Å². The second-order valence-corrected chi connectivity index (χ2v) is 1.83. The highest BCUT2D eigenvalue weighted by Gasteiger charge is 1.97. The highest BCUT2D eigenvalue weighted by atomic mass is 16.6. The molecule has 0 spiro atoms. The topological polar surface area (TPSA) is 41.5 Å².